The van der Waals surface area contributed by atoms with Crippen molar-refractivity contribution in [2.75, 3.05) is 0 Å². The molecule has 0 aliphatic heterocycles. The van der Waals surface area contributed by atoms with Crippen molar-refractivity contribution in [3.63, 3.8) is 0 Å². The van der Waals surface area contributed by atoms with Crippen molar-refractivity contribution in [2.45, 2.75) is 12.1 Å². The monoisotopic (exact) mass is 278 g/mol. The Labute approximate surface area is 119 Å². The zero-order valence-corrected chi connectivity index (χ0v) is 12.4. The van der Waals surface area contributed by atoms with Gasteiger partial charge in [-0.25, -0.2) is 0 Å². The van der Waals surface area contributed by atoms with Gasteiger partial charge in [0.1, 0.15) is 11.0 Å². The van der Waals surface area contributed by atoms with Crippen molar-refractivity contribution in [3.05, 3.63) is 59.2 Å². The Balaban J connectivity index is 2.25. The Morgan fingerprint density at radius 2 is 1.90 bits per heavy atom. The fraction of sp³-hybridized carbons (Fsp3) is 0.111. The van der Waals surface area contributed by atoms with E-state index in [1.165, 1.54) is 21.4 Å². The first-order chi connectivity index (χ1) is 9.64. The molecule has 20 heavy (non-hydrogen) atoms. The van der Waals surface area contributed by atoms with Gasteiger partial charge in [-0.05, 0) is 24.5 Å². The number of fused-ring (bicyclic) bond motifs is 5. The minimum atomic E-state index is -0.0375. The van der Waals surface area contributed by atoms with Crippen LogP contribution in [-0.4, -0.2) is 5.16 Å². The average molecular weight is 278 g/mol. The highest BCUT2D eigenvalue weighted by molar-refractivity contribution is 7.20. The third-order valence-electron chi connectivity index (χ3n) is 3.81. The molecule has 2 aromatic carbocycles. The predicted octanol–water partition coefficient (Wildman–Crippen LogP) is 3.35. The molecule has 98 valence electrons. The molecule has 1 aliphatic rings. The van der Waals surface area contributed by atoms with Gasteiger partial charge in [0.2, 0.25) is 0 Å². The molecule has 1 aliphatic carbocycles. The van der Waals surface area contributed by atoms with Crippen LogP contribution in [0, 0.1) is 0 Å². The summed E-state index contributed by atoms with van der Waals surface area (Å²) in [4.78, 5) is 0. The Morgan fingerprint density at radius 3 is 2.80 bits per heavy atom. The van der Waals surface area contributed by atoms with E-state index in [4.69, 9.17) is 4.42 Å². The maximum atomic E-state index is 6.13. The second-order valence-corrected chi connectivity index (χ2v) is 6.82. The van der Waals surface area contributed by atoms with Crippen LogP contribution in [-0.2, 0) is 0 Å². The summed E-state index contributed by atoms with van der Waals surface area (Å²) < 4.78 is 6.13. The second kappa shape index (κ2) is 4.07. The molecule has 1 aromatic heterocycles. The molecule has 3 aromatic rings. The molecule has 0 radical (unpaired) electrons. The zero-order chi connectivity index (χ0) is 13.7. The maximum Gasteiger partial charge on any atom is 0.143 e. The summed E-state index contributed by atoms with van der Waals surface area (Å²) in [6.45, 7) is 2.18. The zero-order valence-electron chi connectivity index (χ0n) is 11.3. The number of benzene rings is 2. The molecule has 0 amide bonds. The van der Waals surface area contributed by atoms with Crippen LogP contribution in [0.15, 0.2) is 53.0 Å². The molecule has 1 unspecified atom stereocenters. The lowest BCUT2D eigenvalue weighted by Crippen LogP contribution is -2.22. The molecular formula is C18H15OP. The van der Waals surface area contributed by atoms with Crippen LogP contribution in [0.1, 0.15) is 6.92 Å². The first-order valence-corrected chi connectivity index (χ1v) is 7.33. The van der Waals surface area contributed by atoms with E-state index in [1.54, 1.807) is 0 Å². The van der Waals surface area contributed by atoms with Gasteiger partial charge >= 0.3 is 0 Å². The number of allylic oxidation sites excluding steroid dienone is 2. The van der Waals surface area contributed by atoms with Crippen LogP contribution in [0.5, 0.6) is 0 Å². The Hall–Kier alpha value is -1.85. The van der Waals surface area contributed by atoms with Gasteiger partial charge in [0.05, 0.1) is 0 Å². The first-order valence-electron chi connectivity index (χ1n) is 6.76. The van der Waals surface area contributed by atoms with E-state index >= 15 is 0 Å². The average Bonchev–Trinajstić information content (AvgIpc) is 2.68. The van der Waals surface area contributed by atoms with Crippen LogP contribution in [0.2, 0.25) is 0 Å². The van der Waals surface area contributed by atoms with E-state index in [-0.39, 0.29) is 5.16 Å². The molecule has 0 spiro atoms. The van der Waals surface area contributed by atoms with Crippen molar-refractivity contribution in [2.24, 2.45) is 0 Å². The van der Waals surface area contributed by atoms with Crippen molar-refractivity contribution in [3.8, 4) is 0 Å². The molecular weight excluding hydrogens is 263 g/mol. The van der Waals surface area contributed by atoms with Gasteiger partial charge in [-0.3, -0.25) is 0 Å². The summed E-state index contributed by atoms with van der Waals surface area (Å²) in [6, 6.07) is 12.7. The van der Waals surface area contributed by atoms with Gasteiger partial charge in [-0.2, -0.15) is 0 Å². The first kappa shape index (κ1) is 11.9. The van der Waals surface area contributed by atoms with E-state index in [0.717, 1.165) is 11.0 Å². The molecule has 1 heterocycles. The number of hydrogen-bond donors (Lipinski definition) is 0. The van der Waals surface area contributed by atoms with Crippen LogP contribution < -0.4 is 10.6 Å². The third-order valence-corrected chi connectivity index (χ3v) is 4.16. The SMILES string of the molecule is C[C@]1(P)C=CC=c2oc3c(ccc4ccccc43)c2=C1. The molecule has 0 bridgehead atoms. The van der Waals surface area contributed by atoms with Crippen molar-refractivity contribution in [1.82, 2.24) is 0 Å². The predicted molar refractivity (Wildman–Crippen MR) is 89.2 cm³/mol. The van der Waals surface area contributed by atoms with Gasteiger partial charge in [-0.1, -0.05) is 48.6 Å². The van der Waals surface area contributed by atoms with Gasteiger partial charge in [0.25, 0.3) is 0 Å². The highest BCUT2D eigenvalue weighted by atomic mass is 31.0. The maximum absolute atomic E-state index is 6.13. The number of furan rings is 1. The topological polar surface area (TPSA) is 13.1 Å². The summed E-state index contributed by atoms with van der Waals surface area (Å²) in [5, 5.41) is 4.73. The smallest absolute Gasteiger partial charge is 0.143 e. The fourth-order valence-electron chi connectivity index (χ4n) is 2.84. The Bertz CT molecular complexity index is 974. The minimum absolute atomic E-state index is 0.0375. The molecule has 0 N–H and O–H groups in total. The number of rotatable bonds is 0. The van der Waals surface area contributed by atoms with Gasteiger partial charge in [0, 0.05) is 21.1 Å². The van der Waals surface area contributed by atoms with Crippen LogP contribution in [0.4, 0.5) is 0 Å². The highest BCUT2D eigenvalue weighted by Gasteiger charge is 2.15. The van der Waals surface area contributed by atoms with Gasteiger partial charge < -0.3 is 4.42 Å². The van der Waals surface area contributed by atoms with E-state index < -0.39 is 0 Å². The lowest BCUT2D eigenvalue weighted by molar-refractivity contribution is 0.578. The molecule has 4 rings (SSSR count). The molecule has 2 heteroatoms. The number of hydrogen-bond acceptors (Lipinski definition) is 1. The minimum Gasteiger partial charge on any atom is -0.455 e. The largest absolute Gasteiger partial charge is 0.455 e. The van der Waals surface area contributed by atoms with Crippen molar-refractivity contribution in [1.29, 1.82) is 0 Å². The molecule has 0 saturated heterocycles. The highest BCUT2D eigenvalue weighted by Crippen LogP contribution is 2.25. The summed E-state index contributed by atoms with van der Waals surface area (Å²) in [5.41, 5.74) is 1.93. The Morgan fingerprint density at radius 1 is 1.05 bits per heavy atom. The third kappa shape index (κ3) is 1.74. The fourth-order valence-corrected chi connectivity index (χ4v) is 3.12. The summed E-state index contributed by atoms with van der Waals surface area (Å²) >= 11 is 0. The molecule has 0 fully saturated rings. The Kier molecular flexibility index (Phi) is 2.43. The van der Waals surface area contributed by atoms with Crippen LogP contribution >= 0.6 is 9.24 Å². The summed E-state index contributed by atoms with van der Waals surface area (Å²) in [7, 11) is 2.89. The van der Waals surface area contributed by atoms with Crippen LogP contribution in [0.3, 0.4) is 0 Å². The van der Waals surface area contributed by atoms with E-state index in [9.17, 15) is 0 Å². The molecule has 0 saturated carbocycles. The second-order valence-electron chi connectivity index (χ2n) is 5.58. The van der Waals surface area contributed by atoms with Gasteiger partial charge in [-0.15, -0.1) is 9.24 Å². The lowest BCUT2D eigenvalue weighted by atomic mass is 10.1. The standard InChI is InChI=1S/C18H15OP/c1-18(20)10-4-7-16-15(11-18)14-9-8-12-5-2-3-6-13(12)17(14)19-16/h2-11H,20H2,1H3/t18-/m0/s1. The molecule has 2 atom stereocenters. The van der Waals surface area contributed by atoms with Crippen molar-refractivity contribution < 1.29 is 4.42 Å². The van der Waals surface area contributed by atoms with E-state index in [0.29, 0.717) is 0 Å². The van der Waals surface area contributed by atoms with E-state index in [2.05, 4.69) is 76.9 Å². The summed E-state index contributed by atoms with van der Waals surface area (Å²) in [5.74, 6) is 0. The lowest BCUT2D eigenvalue weighted by Gasteiger charge is -2.12. The summed E-state index contributed by atoms with van der Waals surface area (Å²) in [6.07, 6.45) is 8.55. The van der Waals surface area contributed by atoms with Crippen molar-refractivity contribution >= 4 is 43.1 Å². The van der Waals surface area contributed by atoms with Gasteiger partial charge in [0.15, 0.2) is 0 Å². The van der Waals surface area contributed by atoms with E-state index in [1.807, 2.05) is 0 Å². The molecule has 1 nitrogen and oxygen atoms in total. The normalized spacial score (nSPS) is 21.3. The quantitative estimate of drug-likeness (QED) is 0.575. The van der Waals surface area contributed by atoms with Crippen LogP contribution in [0.25, 0.3) is 33.9 Å².